The summed E-state index contributed by atoms with van der Waals surface area (Å²) in [6.45, 7) is 14.5. The molecule has 1 N–H and O–H groups in total. The highest BCUT2D eigenvalue weighted by molar-refractivity contribution is 6.13. The number of aryl methyl sites for hydroxylation is 4. The van der Waals surface area contributed by atoms with Crippen LogP contribution in [-0.2, 0) is 0 Å². The Balaban J connectivity index is 1.65. The first-order valence-corrected chi connectivity index (χ1v) is 12.8. The molecule has 1 aliphatic rings. The molecule has 4 aromatic rings. The normalized spacial score (nSPS) is 15.4. The number of rotatable bonds is 7. The first-order chi connectivity index (χ1) is 16.5. The summed E-state index contributed by atoms with van der Waals surface area (Å²) in [6.07, 6.45) is 4.89. The Hall–Kier alpha value is -2.92. The number of nitrogens with zero attached hydrogens (tertiary/aromatic N) is 4. The van der Waals surface area contributed by atoms with E-state index in [-0.39, 0.29) is 0 Å². The fourth-order valence-corrected chi connectivity index (χ4v) is 5.73. The van der Waals surface area contributed by atoms with E-state index in [0.29, 0.717) is 6.04 Å². The summed E-state index contributed by atoms with van der Waals surface area (Å²) in [7, 11) is 0. The summed E-state index contributed by atoms with van der Waals surface area (Å²) in [4.78, 5) is 12.5. The van der Waals surface area contributed by atoms with Gasteiger partial charge in [0.25, 0.3) is 0 Å². The van der Waals surface area contributed by atoms with Gasteiger partial charge in [-0.1, -0.05) is 42.8 Å². The Bertz CT molecular complexity index is 1310. The van der Waals surface area contributed by atoms with Gasteiger partial charge in [-0.05, 0) is 83.7 Å². The van der Waals surface area contributed by atoms with E-state index in [2.05, 4.69) is 78.9 Å². The second kappa shape index (κ2) is 9.38. The molecule has 0 aliphatic carbocycles. The maximum atomic E-state index is 5.00. The lowest BCUT2D eigenvalue weighted by atomic mass is 10.0. The number of benzene rings is 2. The quantitative estimate of drug-likeness (QED) is 0.346. The Morgan fingerprint density at radius 3 is 2.38 bits per heavy atom. The van der Waals surface area contributed by atoms with E-state index in [0.717, 1.165) is 42.1 Å². The third-order valence-corrected chi connectivity index (χ3v) is 7.31. The molecular weight excluding hydrogens is 418 g/mol. The highest BCUT2D eigenvalue weighted by Gasteiger charge is 2.22. The van der Waals surface area contributed by atoms with Crippen LogP contribution in [0.15, 0.2) is 36.4 Å². The molecule has 1 atom stereocenters. The molecule has 5 heteroatoms. The summed E-state index contributed by atoms with van der Waals surface area (Å²) in [6, 6.07) is 13.6. The van der Waals surface area contributed by atoms with Crippen LogP contribution in [0.1, 0.15) is 55.1 Å². The Labute approximate surface area is 203 Å². The van der Waals surface area contributed by atoms with Gasteiger partial charge in [-0.2, -0.15) is 0 Å². The van der Waals surface area contributed by atoms with Gasteiger partial charge in [-0.15, -0.1) is 0 Å². The molecule has 5 nitrogen and oxygen atoms in total. The molecule has 178 valence electrons. The summed E-state index contributed by atoms with van der Waals surface area (Å²) in [5.41, 5.74) is 7.21. The molecule has 1 fully saturated rings. The molecule has 1 saturated heterocycles. The fourth-order valence-electron chi connectivity index (χ4n) is 5.73. The van der Waals surface area contributed by atoms with Crippen LogP contribution in [0.2, 0.25) is 0 Å². The van der Waals surface area contributed by atoms with Crippen LogP contribution in [0.4, 0.5) is 5.82 Å². The highest BCUT2D eigenvalue weighted by atomic mass is 15.1. The topological polar surface area (TPSA) is 46.0 Å². The largest absolute Gasteiger partial charge is 0.367 e. The summed E-state index contributed by atoms with van der Waals surface area (Å²) >= 11 is 0. The van der Waals surface area contributed by atoms with Gasteiger partial charge in [0, 0.05) is 18.0 Å². The summed E-state index contributed by atoms with van der Waals surface area (Å²) in [5.74, 6) is 1.77. The number of hydrogen-bond acceptors (Lipinski definition) is 4. The monoisotopic (exact) mass is 455 g/mol. The number of likely N-dealkylation sites (tertiary alicyclic amines) is 1. The molecule has 2 aromatic heterocycles. The van der Waals surface area contributed by atoms with E-state index < -0.39 is 0 Å². The lowest BCUT2D eigenvalue weighted by molar-refractivity contribution is 0.323. The Morgan fingerprint density at radius 1 is 0.971 bits per heavy atom. The van der Waals surface area contributed by atoms with E-state index in [9.17, 15) is 0 Å². The molecule has 1 unspecified atom stereocenters. The van der Waals surface area contributed by atoms with Crippen LogP contribution in [-0.4, -0.2) is 45.1 Å². The molecule has 2 aromatic carbocycles. The van der Waals surface area contributed by atoms with E-state index in [1.54, 1.807) is 0 Å². The molecule has 1 aliphatic heterocycles. The van der Waals surface area contributed by atoms with Crippen molar-refractivity contribution in [1.29, 1.82) is 0 Å². The van der Waals surface area contributed by atoms with Crippen molar-refractivity contribution < 1.29 is 0 Å². The molecule has 34 heavy (non-hydrogen) atoms. The highest BCUT2D eigenvalue weighted by Crippen LogP contribution is 2.37. The van der Waals surface area contributed by atoms with Gasteiger partial charge in [0.15, 0.2) is 5.65 Å². The Morgan fingerprint density at radius 2 is 1.68 bits per heavy atom. The predicted molar refractivity (Wildman–Crippen MR) is 143 cm³/mol. The zero-order chi connectivity index (χ0) is 23.8. The Kier molecular flexibility index (Phi) is 6.30. The van der Waals surface area contributed by atoms with Crippen molar-refractivity contribution in [3.8, 4) is 5.69 Å². The minimum Gasteiger partial charge on any atom is -0.367 e. The van der Waals surface area contributed by atoms with Crippen molar-refractivity contribution in [3.05, 3.63) is 58.9 Å². The van der Waals surface area contributed by atoms with Gasteiger partial charge in [-0.25, -0.2) is 9.97 Å². The molecule has 0 radical (unpaired) electrons. The van der Waals surface area contributed by atoms with Crippen LogP contribution in [0.5, 0.6) is 0 Å². The van der Waals surface area contributed by atoms with Gasteiger partial charge in [0.1, 0.15) is 11.6 Å². The minimum atomic E-state index is 0.392. The number of fused-ring (bicyclic) bond motifs is 3. The third kappa shape index (κ3) is 4.18. The molecule has 0 amide bonds. The second-order valence-corrected chi connectivity index (χ2v) is 10.0. The fraction of sp³-hybridized carbons (Fsp3) is 0.448. The van der Waals surface area contributed by atoms with Crippen molar-refractivity contribution >= 4 is 27.8 Å². The standard InChI is InChI=1S/C29H37N5/c1-6-23(13-16-33-14-9-10-15-33)32-28-26-24-11-7-8-12-25(24)34(29(26)31-22(5)30-28)27-20(3)17-19(2)18-21(27)4/h7-8,11-12,17-18,23H,6,9-10,13-16H2,1-5H3,(H,30,31,32). The molecule has 5 rings (SSSR count). The maximum Gasteiger partial charge on any atom is 0.151 e. The van der Waals surface area contributed by atoms with Crippen LogP contribution in [0, 0.1) is 27.7 Å². The zero-order valence-electron chi connectivity index (χ0n) is 21.3. The lowest BCUT2D eigenvalue weighted by Gasteiger charge is -2.22. The average molecular weight is 456 g/mol. The van der Waals surface area contributed by atoms with Crippen molar-refractivity contribution in [3.63, 3.8) is 0 Å². The first kappa shape index (κ1) is 22.9. The zero-order valence-corrected chi connectivity index (χ0v) is 21.3. The smallest absolute Gasteiger partial charge is 0.151 e. The van der Waals surface area contributed by atoms with Crippen molar-refractivity contribution in [2.24, 2.45) is 0 Å². The number of aromatic nitrogens is 3. The van der Waals surface area contributed by atoms with Crippen molar-refractivity contribution in [1.82, 2.24) is 19.4 Å². The van der Waals surface area contributed by atoms with Crippen LogP contribution in [0.25, 0.3) is 27.6 Å². The van der Waals surface area contributed by atoms with Crippen LogP contribution in [0.3, 0.4) is 0 Å². The molecule has 0 bridgehead atoms. The van der Waals surface area contributed by atoms with Crippen LogP contribution >= 0.6 is 0 Å². The average Bonchev–Trinajstić information content (AvgIpc) is 3.43. The van der Waals surface area contributed by atoms with Gasteiger partial charge in [0.2, 0.25) is 0 Å². The molecule has 3 heterocycles. The van der Waals surface area contributed by atoms with Crippen molar-refractivity contribution in [2.45, 2.75) is 66.3 Å². The van der Waals surface area contributed by atoms with Gasteiger partial charge in [0.05, 0.1) is 16.6 Å². The van der Waals surface area contributed by atoms with E-state index in [1.165, 1.54) is 59.2 Å². The molecule has 0 spiro atoms. The predicted octanol–water partition coefficient (Wildman–Crippen LogP) is 6.48. The van der Waals surface area contributed by atoms with Gasteiger partial charge in [-0.3, -0.25) is 4.57 Å². The number of para-hydroxylation sites is 1. The second-order valence-electron chi connectivity index (χ2n) is 10.0. The number of anilines is 1. The number of nitrogens with one attached hydrogen (secondary N) is 1. The van der Waals surface area contributed by atoms with Gasteiger partial charge < -0.3 is 10.2 Å². The van der Waals surface area contributed by atoms with Crippen LogP contribution < -0.4 is 5.32 Å². The van der Waals surface area contributed by atoms with E-state index >= 15 is 0 Å². The van der Waals surface area contributed by atoms with Crippen molar-refractivity contribution in [2.75, 3.05) is 25.0 Å². The summed E-state index contributed by atoms with van der Waals surface area (Å²) in [5, 5.41) is 6.17. The molecule has 0 saturated carbocycles. The SMILES string of the molecule is CCC(CCN1CCCC1)Nc1nc(C)nc2c1c1ccccc1n2-c1c(C)cc(C)cc1C. The summed E-state index contributed by atoms with van der Waals surface area (Å²) < 4.78 is 2.35. The maximum absolute atomic E-state index is 5.00. The van der Waals surface area contributed by atoms with E-state index in [1.807, 2.05) is 6.92 Å². The first-order valence-electron chi connectivity index (χ1n) is 12.8. The lowest BCUT2D eigenvalue weighted by Crippen LogP contribution is -2.28. The van der Waals surface area contributed by atoms with E-state index in [4.69, 9.17) is 9.97 Å². The minimum absolute atomic E-state index is 0.392. The number of hydrogen-bond donors (Lipinski definition) is 1. The van der Waals surface area contributed by atoms with Gasteiger partial charge >= 0.3 is 0 Å². The molecular formula is C29H37N5. The third-order valence-electron chi connectivity index (χ3n) is 7.31.